The zero-order valence-electron chi connectivity index (χ0n) is 12.8. The Labute approximate surface area is 126 Å². The maximum atomic E-state index is 5.03. The first-order valence-electron chi connectivity index (χ1n) is 7.08. The number of nitrogens with one attached hydrogen (secondary N) is 1. The second-order valence-electron chi connectivity index (χ2n) is 4.86. The van der Waals surface area contributed by atoms with Crippen LogP contribution in [0, 0.1) is 6.92 Å². The molecule has 0 unspecified atom stereocenters. The van der Waals surface area contributed by atoms with E-state index in [1.54, 1.807) is 7.11 Å². The Morgan fingerprint density at radius 3 is 2.67 bits per heavy atom. The van der Waals surface area contributed by atoms with Crippen LogP contribution >= 0.6 is 0 Å². The summed E-state index contributed by atoms with van der Waals surface area (Å²) in [7, 11) is 3.71. The molecular formula is C16H22N4O. The summed E-state index contributed by atoms with van der Waals surface area (Å²) in [6, 6.07) is 12.1. The molecule has 1 aromatic carbocycles. The van der Waals surface area contributed by atoms with Gasteiger partial charge < -0.3 is 15.0 Å². The van der Waals surface area contributed by atoms with Crippen LogP contribution in [0.4, 0.5) is 17.5 Å². The summed E-state index contributed by atoms with van der Waals surface area (Å²) in [5.41, 5.74) is 2.04. The normalized spacial score (nSPS) is 10.4. The predicted molar refractivity (Wildman–Crippen MR) is 86.3 cm³/mol. The molecule has 1 aromatic heterocycles. The standard InChI is InChI=1S/C16H22N4O/c1-13-12-15(20(2)14-8-5-4-6-9-14)19-16(18-13)17-10-7-11-21-3/h4-6,8-9,12H,7,10-11H2,1-3H3,(H,17,18,19). The molecule has 0 spiro atoms. The van der Waals surface area contributed by atoms with Gasteiger partial charge in [-0.05, 0) is 25.5 Å². The Hall–Kier alpha value is -2.14. The first-order chi connectivity index (χ1) is 10.2. The van der Waals surface area contributed by atoms with Gasteiger partial charge in [-0.2, -0.15) is 4.98 Å². The van der Waals surface area contributed by atoms with Crippen LogP contribution in [0.3, 0.4) is 0 Å². The van der Waals surface area contributed by atoms with E-state index in [0.29, 0.717) is 5.95 Å². The number of hydrogen-bond donors (Lipinski definition) is 1. The third-order valence-corrected chi connectivity index (χ3v) is 3.14. The Morgan fingerprint density at radius 1 is 1.19 bits per heavy atom. The minimum absolute atomic E-state index is 0.656. The van der Waals surface area contributed by atoms with Crippen molar-refractivity contribution < 1.29 is 4.74 Å². The van der Waals surface area contributed by atoms with Gasteiger partial charge in [0.2, 0.25) is 5.95 Å². The second-order valence-corrected chi connectivity index (χ2v) is 4.86. The molecular weight excluding hydrogens is 264 g/mol. The molecule has 0 aliphatic rings. The lowest BCUT2D eigenvalue weighted by molar-refractivity contribution is 0.197. The average molecular weight is 286 g/mol. The molecule has 0 aliphatic carbocycles. The number of aromatic nitrogens is 2. The van der Waals surface area contributed by atoms with Gasteiger partial charge in [0, 0.05) is 44.8 Å². The topological polar surface area (TPSA) is 50.3 Å². The molecule has 0 aliphatic heterocycles. The Balaban J connectivity index is 2.11. The zero-order chi connectivity index (χ0) is 15.1. The van der Waals surface area contributed by atoms with Crippen LogP contribution in [0.25, 0.3) is 0 Å². The molecule has 1 N–H and O–H groups in total. The number of aryl methyl sites for hydroxylation is 1. The lowest BCUT2D eigenvalue weighted by atomic mass is 10.3. The highest BCUT2D eigenvalue weighted by Gasteiger charge is 2.08. The number of para-hydroxylation sites is 1. The van der Waals surface area contributed by atoms with Crippen LogP contribution < -0.4 is 10.2 Å². The van der Waals surface area contributed by atoms with Crippen molar-refractivity contribution in [3.8, 4) is 0 Å². The molecule has 0 atom stereocenters. The van der Waals surface area contributed by atoms with Crippen LogP contribution in [0.1, 0.15) is 12.1 Å². The molecule has 21 heavy (non-hydrogen) atoms. The van der Waals surface area contributed by atoms with Gasteiger partial charge in [0.05, 0.1) is 0 Å². The fraction of sp³-hybridized carbons (Fsp3) is 0.375. The van der Waals surface area contributed by atoms with Crippen LogP contribution in [-0.4, -0.2) is 37.3 Å². The number of rotatable bonds is 7. The van der Waals surface area contributed by atoms with Crippen LogP contribution in [-0.2, 0) is 4.74 Å². The number of anilines is 3. The summed E-state index contributed by atoms with van der Waals surface area (Å²) in [5, 5.41) is 3.24. The van der Waals surface area contributed by atoms with E-state index in [1.165, 1.54) is 0 Å². The molecule has 0 fully saturated rings. The third kappa shape index (κ3) is 4.43. The maximum Gasteiger partial charge on any atom is 0.224 e. The van der Waals surface area contributed by atoms with Crippen molar-refractivity contribution in [3.63, 3.8) is 0 Å². The van der Waals surface area contributed by atoms with Crippen molar-refractivity contribution >= 4 is 17.5 Å². The fourth-order valence-electron chi connectivity index (χ4n) is 2.00. The van der Waals surface area contributed by atoms with Gasteiger partial charge in [0.25, 0.3) is 0 Å². The van der Waals surface area contributed by atoms with E-state index in [0.717, 1.165) is 36.8 Å². The van der Waals surface area contributed by atoms with Crippen LogP contribution in [0.5, 0.6) is 0 Å². The molecule has 0 bridgehead atoms. The maximum absolute atomic E-state index is 5.03. The largest absolute Gasteiger partial charge is 0.385 e. The van der Waals surface area contributed by atoms with Crippen LogP contribution in [0.2, 0.25) is 0 Å². The molecule has 5 nitrogen and oxygen atoms in total. The summed E-state index contributed by atoms with van der Waals surface area (Å²) < 4.78 is 5.03. The molecule has 0 radical (unpaired) electrons. The van der Waals surface area contributed by atoms with Crippen molar-refractivity contribution in [2.45, 2.75) is 13.3 Å². The summed E-state index contributed by atoms with van der Waals surface area (Å²) in [6.45, 7) is 3.51. The first kappa shape index (κ1) is 15.3. The van der Waals surface area contributed by atoms with E-state index < -0.39 is 0 Å². The zero-order valence-corrected chi connectivity index (χ0v) is 12.8. The summed E-state index contributed by atoms with van der Waals surface area (Å²) in [6.07, 6.45) is 0.928. The average Bonchev–Trinajstić information content (AvgIpc) is 2.51. The Morgan fingerprint density at radius 2 is 1.95 bits per heavy atom. The monoisotopic (exact) mass is 286 g/mol. The first-order valence-corrected chi connectivity index (χ1v) is 7.08. The van der Waals surface area contributed by atoms with Crippen molar-refractivity contribution in [2.75, 3.05) is 37.5 Å². The highest BCUT2D eigenvalue weighted by Crippen LogP contribution is 2.22. The molecule has 2 aromatic rings. The van der Waals surface area contributed by atoms with Crippen molar-refractivity contribution in [3.05, 3.63) is 42.1 Å². The highest BCUT2D eigenvalue weighted by molar-refractivity contribution is 5.60. The molecule has 2 rings (SSSR count). The van der Waals surface area contributed by atoms with Crippen molar-refractivity contribution in [1.29, 1.82) is 0 Å². The summed E-state index contributed by atoms with van der Waals surface area (Å²) in [5.74, 6) is 1.53. The fourth-order valence-corrected chi connectivity index (χ4v) is 2.00. The molecule has 5 heteroatoms. The minimum atomic E-state index is 0.656. The number of methoxy groups -OCH3 is 1. The van der Waals surface area contributed by atoms with E-state index in [4.69, 9.17) is 4.74 Å². The van der Waals surface area contributed by atoms with E-state index in [2.05, 4.69) is 32.3 Å². The second kappa shape index (κ2) is 7.59. The number of benzene rings is 1. The van der Waals surface area contributed by atoms with Crippen molar-refractivity contribution in [2.24, 2.45) is 0 Å². The van der Waals surface area contributed by atoms with E-state index >= 15 is 0 Å². The third-order valence-electron chi connectivity index (χ3n) is 3.14. The minimum Gasteiger partial charge on any atom is -0.385 e. The summed E-state index contributed by atoms with van der Waals surface area (Å²) >= 11 is 0. The van der Waals surface area contributed by atoms with Gasteiger partial charge >= 0.3 is 0 Å². The SMILES string of the molecule is COCCCNc1nc(C)cc(N(C)c2ccccc2)n1. The van der Waals surface area contributed by atoms with Gasteiger partial charge in [-0.15, -0.1) is 0 Å². The van der Waals surface area contributed by atoms with Gasteiger partial charge in [-0.25, -0.2) is 4.98 Å². The molecule has 1 heterocycles. The van der Waals surface area contributed by atoms with Gasteiger partial charge in [-0.3, -0.25) is 0 Å². The van der Waals surface area contributed by atoms with E-state index in [9.17, 15) is 0 Å². The molecule has 0 saturated heterocycles. The lowest BCUT2D eigenvalue weighted by Gasteiger charge is -2.19. The van der Waals surface area contributed by atoms with Crippen molar-refractivity contribution in [1.82, 2.24) is 9.97 Å². The Bertz CT molecular complexity index is 559. The summed E-state index contributed by atoms with van der Waals surface area (Å²) in [4.78, 5) is 11.0. The van der Waals surface area contributed by atoms with Gasteiger partial charge in [0.1, 0.15) is 5.82 Å². The Kier molecular flexibility index (Phi) is 5.51. The highest BCUT2D eigenvalue weighted by atomic mass is 16.5. The smallest absolute Gasteiger partial charge is 0.224 e. The van der Waals surface area contributed by atoms with E-state index in [1.807, 2.05) is 38.2 Å². The lowest BCUT2D eigenvalue weighted by Crippen LogP contribution is -2.14. The number of hydrogen-bond acceptors (Lipinski definition) is 5. The molecule has 112 valence electrons. The van der Waals surface area contributed by atoms with Gasteiger partial charge in [0.15, 0.2) is 0 Å². The predicted octanol–water partition coefficient (Wildman–Crippen LogP) is 3.00. The molecule has 0 amide bonds. The van der Waals surface area contributed by atoms with Gasteiger partial charge in [-0.1, -0.05) is 18.2 Å². The molecule has 0 saturated carbocycles. The number of ether oxygens (including phenoxy) is 1. The van der Waals surface area contributed by atoms with E-state index in [-0.39, 0.29) is 0 Å². The van der Waals surface area contributed by atoms with Crippen LogP contribution in [0.15, 0.2) is 36.4 Å². The number of nitrogens with zero attached hydrogens (tertiary/aromatic N) is 3. The quantitative estimate of drug-likeness (QED) is 0.793.